The molecule has 0 fully saturated rings. The van der Waals surface area contributed by atoms with Crippen LogP contribution in [0.1, 0.15) is 12.5 Å². The van der Waals surface area contributed by atoms with Gasteiger partial charge in [-0.05, 0) is 35.7 Å². The van der Waals surface area contributed by atoms with Gasteiger partial charge in [-0.3, -0.25) is 5.43 Å². The first kappa shape index (κ1) is 14.1. The third-order valence-electron chi connectivity index (χ3n) is 3.54. The number of hydrogen-bond acceptors (Lipinski definition) is 2. The van der Waals surface area contributed by atoms with Crippen LogP contribution in [0.4, 0.5) is 5.69 Å². The highest BCUT2D eigenvalue weighted by Crippen LogP contribution is 2.19. The molecule has 0 aliphatic rings. The molecular formula is C20H18N2. The van der Waals surface area contributed by atoms with Crippen molar-refractivity contribution in [2.24, 2.45) is 5.10 Å². The van der Waals surface area contributed by atoms with E-state index >= 15 is 0 Å². The van der Waals surface area contributed by atoms with Crippen molar-refractivity contribution in [2.45, 2.75) is 6.92 Å². The molecule has 3 rings (SSSR count). The third kappa shape index (κ3) is 3.41. The standard InChI is InChI=1S/C20H18N2/c1-16(21-22-20-10-6-3-7-11-20)17-12-14-19(15-13-17)18-8-4-2-5-9-18/h2-15,22H,1H3. The third-order valence-corrected chi connectivity index (χ3v) is 3.54. The van der Waals surface area contributed by atoms with E-state index < -0.39 is 0 Å². The molecule has 2 nitrogen and oxygen atoms in total. The molecule has 1 N–H and O–H groups in total. The average Bonchev–Trinajstić information content (AvgIpc) is 2.61. The van der Waals surface area contributed by atoms with E-state index in [1.54, 1.807) is 0 Å². The van der Waals surface area contributed by atoms with Crippen molar-refractivity contribution < 1.29 is 0 Å². The van der Waals surface area contributed by atoms with Gasteiger partial charge in [0.2, 0.25) is 0 Å². The Balaban J connectivity index is 1.75. The zero-order valence-electron chi connectivity index (χ0n) is 12.5. The molecule has 0 aliphatic heterocycles. The van der Waals surface area contributed by atoms with Crippen molar-refractivity contribution in [2.75, 3.05) is 5.43 Å². The highest BCUT2D eigenvalue weighted by Gasteiger charge is 2.00. The van der Waals surface area contributed by atoms with E-state index in [0.717, 1.165) is 17.0 Å². The normalized spacial score (nSPS) is 11.2. The number of hydrogen-bond donors (Lipinski definition) is 1. The van der Waals surface area contributed by atoms with Gasteiger partial charge >= 0.3 is 0 Å². The second-order valence-corrected chi connectivity index (χ2v) is 5.12. The molecule has 3 aromatic rings. The van der Waals surface area contributed by atoms with Crippen LogP contribution < -0.4 is 5.43 Å². The van der Waals surface area contributed by atoms with Gasteiger partial charge in [0, 0.05) is 0 Å². The Morgan fingerprint density at radius 1 is 0.682 bits per heavy atom. The molecule has 0 unspecified atom stereocenters. The molecule has 0 atom stereocenters. The molecule has 22 heavy (non-hydrogen) atoms. The topological polar surface area (TPSA) is 24.4 Å². The van der Waals surface area contributed by atoms with Gasteiger partial charge in [-0.1, -0.05) is 72.8 Å². The van der Waals surface area contributed by atoms with Gasteiger partial charge in [-0.2, -0.15) is 5.10 Å². The van der Waals surface area contributed by atoms with Crippen LogP contribution in [0.3, 0.4) is 0 Å². The zero-order chi connectivity index (χ0) is 15.2. The summed E-state index contributed by atoms with van der Waals surface area (Å²) in [6.07, 6.45) is 0. The monoisotopic (exact) mass is 286 g/mol. The SMILES string of the molecule is CC(=NNc1ccccc1)c1ccc(-c2ccccc2)cc1. The Labute approximate surface area is 131 Å². The second-order valence-electron chi connectivity index (χ2n) is 5.12. The predicted octanol–water partition coefficient (Wildman–Crippen LogP) is 5.19. The minimum atomic E-state index is 0.962. The fourth-order valence-corrected chi connectivity index (χ4v) is 2.26. The molecule has 0 aromatic heterocycles. The molecule has 0 bridgehead atoms. The van der Waals surface area contributed by atoms with Crippen LogP contribution in [-0.2, 0) is 0 Å². The molecule has 3 aromatic carbocycles. The first-order chi connectivity index (χ1) is 10.8. The fourth-order valence-electron chi connectivity index (χ4n) is 2.26. The first-order valence-corrected chi connectivity index (χ1v) is 7.34. The largest absolute Gasteiger partial charge is 0.278 e. The van der Waals surface area contributed by atoms with Gasteiger partial charge in [-0.15, -0.1) is 0 Å². The van der Waals surface area contributed by atoms with E-state index in [-0.39, 0.29) is 0 Å². The van der Waals surface area contributed by atoms with Gasteiger partial charge in [-0.25, -0.2) is 0 Å². The van der Waals surface area contributed by atoms with Gasteiger partial charge in [0.1, 0.15) is 0 Å². The lowest BCUT2D eigenvalue weighted by molar-refractivity contribution is 1.32. The second kappa shape index (κ2) is 6.72. The molecule has 0 heterocycles. The Kier molecular flexibility index (Phi) is 4.30. The van der Waals surface area contributed by atoms with Gasteiger partial charge in [0.25, 0.3) is 0 Å². The molecule has 0 aliphatic carbocycles. The van der Waals surface area contributed by atoms with Crippen LogP contribution in [0.2, 0.25) is 0 Å². The molecule has 2 heteroatoms. The van der Waals surface area contributed by atoms with Crippen LogP contribution in [0.25, 0.3) is 11.1 Å². The number of anilines is 1. The lowest BCUT2D eigenvalue weighted by atomic mass is 10.0. The van der Waals surface area contributed by atoms with E-state index in [0.29, 0.717) is 0 Å². The minimum Gasteiger partial charge on any atom is -0.278 e. The molecule has 108 valence electrons. The number of nitrogens with zero attached hydrogens (tertiary/aromatic N) is 1. The molecule has 0 radical (unpaired) electrons. The maximum atomic E-state index is 4.43. The van der Waals surface area contributed by atoms with Crippen molar-refractivity contribution in [3.63, 3.8) is 0 Å². The molecule has 0 saturated heterocycles. The first-order valence-electron chi connectivity index (χ1n) is 7.34. The van der Waals surface area contributed by atoms with Crippen molar-refractivity contribution in [1.82, 2.24) is 0 Å². The smallest absolute Gasteiger partial charge is 0.0648 e. The summed E-state index contributed by atoms with van der Waals surface area (Å²) >= 11 is 0. The maximum absolute atomic E-state index is 4.43. The van der Waals surface area contributed by atoms with Crippen LogP contribution in [0, 0.1) is 0 Å². The summed E-state index contributed by atoms with van der Waals surface area (Å²) in [7, 11) is 0. The van der Waals surface area contributed by atoms with Gasteiger partial charge < -0.3 is 0 Å². The van der Waals surface area contributed by atoms with Gasteiger partial charge in [0.05, 0.1) is 11.4 Å². The maximum Gasteiger partial charge on any atom is 0.0648 e. The quantitative estimate of drug-likeness (QED) is 0.518. The lowest BCUT2D eigenvalue weighted by Crippen LogP contribution is -1.99. The van der Waals surface area contributed by atoms with E-state index in [1.165, 1.54) is 11.1 Å². The van der Waals surface area contributed by atoms with Crippen molar-refractivity contribution >= 4 is 11.4 Å². The van der Waals surface area contributed by atoms with Crippen molar-refractivity contribution in [3.8, 4) is 11.1 Å². The zero-order valence-corrected chi connectivity index (χ0v) is 12.5. The highest BCUT2D eigenvalue weighted by atomic mass is 15.3. The Morgan fingerprint density at radius 3 is 1.86 bits per heavy atom. The fraction of sp³-hybridized carbons (Fsp3) is 0.0500. The molecule has 0 amide bonds. The molecule has 0 spiro atoms. The van der Waals surface area contributed by atoms with Crippen LogP contribution in [0.5, 0.6) is 0 Å². The van der Waals surface area contributed by atoms with E-state index in [4.69, 9.17) is 0 Å². The van der Waals surface area contributed by atoms with Crippen LogP contribution in [0.15, 0.2) is 90.0 Å². The Morgan fingerprint density at radius 2 is 1.23 bits per heavy atom. The Hall–Kier alpha value is -2.87. The summed E-state index contributed by atoms with van der Waals surface area (Å²) in [5, 5.41) is 4.43. The van der Waals surface area contributed by atoms with E-state index in [9.17, 15) is 0 Å². The van der Waals surface area contributed by atoms with Crippen molar-refractivity contribution in [3.05, 3.63) is 90.5 Å². The van der Waals surface area contributed by atoms with E-state index in [1.807, 2.05) is 43.3 Å². The number of nitrogens with one attached hydrogen (secondary N) is 1. The predicted molar refractivity (Wildman–Crippen MR) is 94.2 cm³/mol. The average molecular weight is 286 g/mol. The summed E-state index contributed by atoms with van der Waals surface area (Å²) in [4.78, 5) is 0. The Bertz CT molecular complexity index is 745. The number of rotatable bonds is 4. The molecular weight excluding hydrogens is 268 g/mol. The summed E-state index contributed by atoms with van der Waals surface area (Å²) in [6, 6.07) is 28.8. The number of hydrazone groups is 1. The van der Waals surface area contributed by atoms with Crippen molar-refractivity contribution in [1.29, 1.82) is 0 Å². The lowest BCUT2D eigenvalue weighted by Gasteiger charge is -2.05. The van der Waals surface area contributed by atoms with E-state index in [2.05, 4.69) is 59.1 Å². The summed E-state index contributed by atoms with van der Waals surface area (Å²) in [6.45, 7) is 2.01. The number of para-hydroxylation sites is 1. The van der Waals surface area contributed by atoms with Gasteiger partial charge in [0.15, 0.2) is 0 Å². The number of benzene rings is 3. The summed E-state index contributed by atoms with van der Waals surface area (Å²) in [5.74, 6) is 0. The highest BCUT2D eigenvalue weighted by molar-refractivity contribution is 5.99. The summed E-state index contributed by atoms with van der Waals surface area (Å²) < 4.78 is 0. The molecule has 0 saturated carbocycles. The van der Waals surface area contributed by atoms with Crippen LogP contribution in [-0.4, -0.2) is 5.71 Å². The van der Waals surface area contributed by atoms with Crippen LogP contribution >= 0.6 is 0 Å². The summed E-state index contributed by atoms with van der Waals surface area (Å²) in [5.41, 5.74) is 8.59. The minimum absolute atomic E-state index is 0.962.